The predicted molar refractivity (Wildman–Crippen MR) is 75.7 cm³/mol. The van der Waals surface area contributed by atoms with Gasteiger partial charge in [-0.3, -0.25) is 4.79 Å². The van der Waals surface area contributed by atoms with Crippen LogP contribution in [0.5, 0.6) is 0 Å². The molecule has 20 heavy (non-hydrogen) atoms. The zero-order valence-electron chi connectivity index (χ0n) is 12.4. The van der Waals surface area contributed by atoms with Crippen molar-refractivity contribution in [1.29, 1.82) is 0 Å². The number of urea groups is 1. The van der Waals surface area contributed by atoms with Crippen molar-refractivity contribution in [1.82, 2.24) is 10.2 Å². The van der Waals surface area contributed by atoms with Gasteiger partial charge in [0.25, 0.3) is 0 Å². The lowest BCUT2D eigenvalue weighted by atomic mass is 9.98. The number of carboxylic acid groups (broad SMARTS) is 1. The van der Waals surface area contributed by atoms with Crippen molar-refractivity contribution < 1.29 is 19.4 Å². The first-order valence-electron chi connectivity index (χ1n) is 7.41. The molecule has 1 heterocycles. The Morgan fingerprint density at radius 1 is 1.45 bits per heavy atom. The van der Waals surface area contributed by atoms with Gasteiger partial charge >= 0.3 is 12.0 Å². The van der Waals surface area contributed by atoms with E-state index in [0.29, 0.717) is 26.2 Å². The van der Waals surface area contributed by atoms with Gasteiger partial charge in [-0.1, -0.05) is 0 Å². The molecule has 1 aliphatic heterocycles. The first kappa shape index (κ1) is 16.8. The number of nitrogens with zero attached hydrogens (tertiary/aromatic N) is 1. The van der Waals surface area contributed by atoms with Crippen LogP contribution in [0.25, 0.3) is 0 Å². The second kappa shape index (κ2) is 8.79. The monoisotopic (exact) mass is 286 g/mol. The zero-order chi connectivity index (χ0) is 15.0. The molecule has 2 atom stereocenters. The van der Waals surface area contributed by atoms with Crippen molar-refractivity contribution in [2.45, 2.75) is 58.0 Å². The van der Waals surface area contributed by atoms with Crippen LogP contribution in [-0.4, -0.2) is 53.8 Å². The lowest BCUT2D eigenvalue weighted by Crippen LogP contribution is -2.51. The summed E-state index contributed by atoms with van der Waals surface area (Å²) in [6.07, 6.45) is 3.57. The van der Waals surface area contributed by atoms with Gasteiger partial charge in [0.2, 0.25) is 0 Å². The number of rotatable bonds is 7. The van der Waals surface area contributed by atoms with Gasteiger partial charge in [0.1, 0.15) is 0 Å². The fraction of sp³-hybridized carbons (Fsp3) is 0.857. The maximum Gasteiger partial charge on any atom is 0.317 e. The molecule has 1 rings (SSSR count). The maximum atomic E-state index is 12.2. The lowest BCUT2D eigenvalue weighted by Gasteiger charge is -2.36. The number of aliphatic carboxylic acids is 1. The number of carbonyl (C=O) groups excluding carboxylic acids is 1. The molecule has 0 radical (unpaired) electrons. The van der Waals surface area contributed by atoms with Crippen LogP contribution in [0.1, 0.15) is 46.0 Å². The first-order chi connectivity index (χ1) is 9.54. The summed E-state index contributed by atoms with van der Waals surface area (Å²) in [6, 6.07) is -0.101. The molecule has 0 saturated carbocycles. The minimum Gasteiger partial charge on any atom is -0.481 e. The van der Waals surface area contributed by atoms with Crippen LogP contribution in [0.2, 0.25) is 0 Å². The molecule has 0 aliphatic carbocycles. The molecule has 6 nitrogen and oxygen atoms in total. The summed E-state index contributed by atoms with van der Waals surface area (Å²) in [6.45, 7) is 5.66. The SMILES string of the molecule is CCOCC(C)NC(=O)N1CCCCC1CCC(=O)O. The molecule has 0 aromatic carbocycles. The number of likely N-dealkylation sites (tertiary alicyclic amines) is 1. The van der Waals surface area contributed by atoms with Gasteiger partial charge in [-0.2, -0.15) is 0 Å². The third-order valence-corrected chi connectivity index (χ3v) is 3.52. The Hall–Kier alpha value is -1.30. The smallest absolute Gasteiger partial charge is 0.317 e. The zero-order valence-corrected chi connectivity index (χ0v) is 12.4. The highest BCUT2D eigenvalue weighted by Crippen LogP contribution is 2.21. The minimum atomic E-state index is -0.805. The molecule has 1 fully saturated rings. The Morgan fingerprint density at radius 2 is 2.20 bits per heavy atom. The quantitative estimate of drug-likeness (QED) is 0.748. The van der Waals surface area contributed by atoms with E-state index < -0.39 is 5.97 Å². The Bertz CT molecular complexity index is 322. The van der Waals surface area contributed by atoms with Crippen LogP contribution in [0.15, 0.2) is 0 Å². The molecular formula is C14H26N2O4. The topological polar surface area (TPSA) is 78.9 Å². The second-order valence-corrected chi connectivity index (χ2v) is 5.29. The number of hydrogen-bond donors (Lipinski definition) is 2. The molecule has 0 aromatic rings. The summed E-state index contributed by atoms with van der Waals surface area (Å²) in [7, 11) is 0. The van der Waals surface area contributed by atoms with Gasteiger partial charge in [0, 0.05) is 25.6 Å². The molecule has 0 bridgehead atoms. The van der Waals surface area contributed by atoms with Crippen molar-refractivity contribution in [2.24, 2.45) is 0 Å². The maximum absolute atomic E-state index is 12.2. The van der Waals surface area contributed by atoms with Gasteiger partial charge in [-0.05, 0) is 39.5 Å². The number of hydrogen-bond acceptors (Lipinski definition) is 3. The fourth-order valence-electron chi connectivity index (χ4n) is 2.49. The van der Waals surface area contributed by atoms with Crippen LogP contribution in [0.3, 0.4) is 0 Å². The summed E-state index contributed by atoms with van der Waals surface area (Å²) >= 11 is 0. The molecule has 2 unspecified atom stereocenters. The van der Waals surface area contributed by atoms with Crippen molar-refractivity contribution >= 4 is 12.0 Å². The van der Waals surface area contributed by atoms with E-state index in [0.717, 1.165) is 19.3 Å². The fourth-order valence-corrected chi connectivity index (χ4v) is 2.49. The van der Waals surface area contributed by atoms with Crippen molar-refractivity contribution in [2.75, 3.05) is 19.8 Å². The summed E-state index contributed by atoms with van der Waals surface area (Å²) in [5, 5.41) is 11.7. The van der Waals surface area contributed by atoms with Gasteiger partial charge in [-0.15, -0.1) is 0 Å². The predicted octanol–water partition coefficient (Wildman–Crippen LogP) is 1.84. The van der Waals surface area contributed by atoms with E-state index in [4.69, 9.17) is 9.84 Å². The van der Waals surface area contributed by atoms with E-state index in [-0.39, 0.29) is 24.5 Å². The average molecular weight is 286 g/mol. The molecule has 1 saturated heterocycles. The van der Waals surface area contributed by atoms with E-state index in [1.807, 2.05) is 13.8 Å². The third kappa shape index (κ3) is 5.77. The van der Waals surface area contributed by atoms with Gasteiger partial charge < -0.3 is 20.1 Å². The van der Waals surface area contributed by atoms with E-state index in [9.17, 15) is 9.59 Å². The standard InChI is InChI=1S/C14H26N2O4/c1-3-20-10-11(2)15-14(19)16-9-5-4-6-12(16)7-8-13(17)18/h11-12H,3-10H2,1-2H3,(H,15,19)(H,17,18). The number of ether oxygens (including phenoxy) is 1. The van der Waals surface area contributed by atoms with Crippen LogP contribution in [0, 0.1) is 0 Å². The molecular weight excluding hydrogens is 260 g/mol. The number of amides is 2. The van der Waals surface area contributed by atoms with Gasteiger partial charge in [-0.25, -0.2) is 4.79 Å². The second-order valence-electron chi connectivity index (χ2n) is 5.29. The van der Waals surface area contributed by atoms with Crippen molar-refractivity contribution in [3.8, 4) is 0 Å². The number of nitrogens with one attached hydrogen (secondary N) is 1. The largest absolute Gasteiger partial charge is 0.481 e. The van der Waals surface area contributed by atoms with Crippen molar-refractivity contribution in [3.63, 3.8) is 0 Å². The van der Waals surface area contributed by atoms with E-state index >= 15 is 0 Å². The third-order valence-electron chi connectivity index (χ3n) is 3.52. The normalized spacial score (nSPS) is 20.5. The summed E-state index contributed by atoms with van der Waals surface area (Å²) < 4.78 is 5.28. The Morgan fingerprint density at radius 3 is 2.85 bits per heavy atom. The number of carboxylic acids is 1. The van der Waals surface area contributed by atoms with Crippen LogP contribution in [-0.2, 0) is 9.53 Å². The van der Waals surface area contributed by atoms with Crippen LogP contribution >= 0.6 is 0 Å². The molecule has 2 N–H and O–H groups in total. The summed E-state index contributed by atoms with van der Waals surface area (Å²) in [5.74, 6) is -0.805. The van der Waals surface area contributed by atoms with Crippen molar-refractivity contribution in [3.05, 3.63) is 0 Å². The number of piperidine rings is 1. The molecule has 6 heteroatoms. The lowest BCUT2D eigenvalue weighted by molar-refractivity contribution is -0.137. The van der Waals surface area contributed by atoms with Gasteiger partial charge in [0.05, 0.1) is 12.6 Å². The highest BCUT2D eigenvalue weighted by Gasteiger charge is 2.27. The molecule has 1 aliphatic rings. The molecule has 2 amide bonds. The Kier molecular flexibility index (Phi) is 7.36. The van der Waals surface area contributed by atoms with Gasteiger partial charge in [0.15, 0.2) is 0 Å². The molecule has 0 aromatic heterocycles. The van der Waals surface area contributed by atoms with E-state index in [2.05, 4.69) is 5.32 Å². The average Bonchev–Trinajstić information content (AvgIpc) is 2.43. The minimum absolute atomic E-state index is 0.0375. The van der Waals surface area contributed by atoms with Crippen LogP contribution < -0.4 is 5.32 Å². The molecule has 116 valence electrons. The summed E-state index contributed by atoms with van der Waals surface area (Å²) in [5.41, 5.74) is 0. The van der Waals surface area contributed by atoms with Crippen LogP contribution in [0.4, 0.5) is 4.79 Å². The highest BCUT2D eigenvalue weighted by molar-refractivity contribution is 5.75. The van der Waals surface area contributed by atoms with E-state index in [1.54, 1.807) is 4.90 Å². The Labute approximate surface area is 120 Å². The number of carbonyl (C=O) groups is 2. The Balaban J connectivity index is 2.46. The van der Waals surface area contributed by atoms with E-state index in [1.165, 1.54) is 0 Å². The highest BCUT2D eigenvalue weighted by atomic mass is 16.5. The molecule has 0 spiro atoms. The first-order valence-corrected chi connectivity index (χ1v) is 7.41. The summed E-state index contributed by atoms with van der Waals surface area (Å²) in [4.78, 5) is 24.7.